The summed E-state index contributed by atoms with van der Waals surface area (Å²) < 4.78 is 6.60. The van der Waals surface area contributed by atoms with Gasteiger partial charge in [0.15, 0.2) is 0 Å². The second-order valence-electron chi connectivity index (χ2n) is 5.25. The molecular formula is C16H14N6O4. The molecule has 3 heterocycles. The molecule has 3 aromatic heterocycles. The van der Waals surface area contributed by atoms with Crippen molar-refractivity contribution in [1.29, 1.82) is 0 Å². The topological polar surface area (TPSA) is 146 Å². The van der Waals surface area contributed by atoms with Gasteiger partial charge >= 0.3 is 0 Å². The summed E-state index contributed by atoms with van der Waals surface area (Å²) in [6.45, 7) is 0. The third-order valence-electron chi connectivity index (χ3n) is 3.53. The Kier molecular flexibility index (Phi) is 4.83. The number of carbonyl (C=O) groups is 3. The monoisotopic (exact) mass is 354 g/mol. The number of carbonyl (C=O) groups excluding carboxylic acids is 3. The number of ketones is 1. The molecular weight excluding hydrogens is 340 g/mol. The Balaban J connectivity index is 1.83. The Morgan fingerprint density at radius 2 is 2.12 bits per heavy atom. The fraction of sp³-hybridized carbons (Fsp3) is 0.125. The smallest absolute Gasteiger partial charge is 0.287 e. The van der Waals surface area contributed by atoms with Crippen LogP contribution in [0.15, 0.2) is 53.9 Å². The number of primary amides is 1. The van der Waals surface area contributed by atoms with Crippen molar-refractivity contribution in [3.05, 3.63) is 61.0 Å². The van der Waals surface area contributed by atoms with Gasteiger partial charge in [-0.2, -0.15) is 0 Å². The third-order valence-corrected chi connectivity index (χ3v) is 3.53. The van der Waals surface area contributed by atoms with E-state index in [0.29, 0.717) is 11.6 Å². The summed E-state index contributed by atoms with van der Waals surface area (Å²) >= 11 is 0. The maximum absolute atomic E-state index is 12.6. The van der Waals surface area contributed by atoms with Gasteiger partial charge in [0.2, 0.25) is 5.78 Å². The first-order valence-corrected chi connectivity index (χ1v) is 7.52. The van der Waals surface area contributed by atoms with Crippen molar-refractivity contribution in [2.45, 2.75) is 12.5 Å². The summed E-state index contributed by atoms with van der Waals surface area (Å²) in [5.41, 5.74) is 5.21. The lowest BCUT2D eigenvalue weighted by Gasteiger charge is -2.15. The standard InChI is InChI=1S/C16H14N6O4/c17-15(24)14(23)11(6-10-2-1-5-26-10)21-16(25)12-7-19-9-22(12)13-3-4-18-8-20-13/h1-5,7-9,11H,6H2,(H2,17,24)(H,21,25). The quantitative estimate of drug-likeness (QED) is 0.551. The number of nitrogens with one attached hydrogen (secondary N) is 1. The van der Waals surface area contributed by atoms with Crippen LogP contribution in [-0.4, -0.2) is 43.2 Å². The van der Waals surface area contributed by atoms with Crippen LogP contribution < -0.4 is 11.1 Å². The molecule has 10 nitrogen and oxygen atoms in total. The number of hydrogen-bond donors (Lipinski definition) is 2. The normalized spacial score (nSPS) is 11.7. The van der Waals surface area contributed by atoms with Crippen molar-refractivity contribution >= 4 is 17.6 Å². The van der Waals surface area contributed by atoms with E-state index in [1.165, 1.54) is 35.9 Å². The van der Waals surface area contributed by atoms with Crippen molar-refractivity contribution in [2.24, 2.45) is 5.73 Å². The minimum absolute atomic E-state index is 0.0117. The number of aromatic nitrogens is 4. The number of nitrogens with zero attached hydrogens (tertiary/aromatic N) is 4. The number of nitrogens with two attached hydrogens (primary N) is 1. The van der Waals surface area contributed by atoms with E-state index in [1.807, 2.05) is 0 Å². The van der Waals surface area contributed by atoms with E-state index >= 15 is 0 Å². The van der Waals surface area contributed by atoms with Crippen LogP contribution in [0, 0.1) is 0 Å². The first-order chi connectivity index (χ1) is 12.6. The van der Waals surface area contributed by atoms with Gasteiger partial charge in [-0.1, -0.05) is 0 Å². The fourth-order valence-corrected chi connectivity index (χ4v) is 2.31. The largest absolute Gasteiger partial charge is 0.469 e. The molecule has 0 fully saturated rings. The Morgan fingerprint density at radius 3 is 2.77 bits per heavy atom. The number of rotatable bonds is 7. The third kappa shape index (κ3) is 3.64. The number of Topliss-reactive ketones (excluding diaryl/α,β-unsaturated/α-hetero) is 1. The van der Waals surface area contributed by atoms with Gasteiger partial charge < -0.3 is 15.5 Å². The van der Waals surface area contributed by atoms with Crippen LogP contribution in [0.1, 0.15) is 16.2 Å². The van der Waals surface area contributed by atoms with E-state index in [4.69, 9.17) is 10.2 Å². The Labute approximate surface area is 147 Å². The summed E-state index contributed by atoms with van der Waals surface area (Å²) in [7, 11) is 0. The summed E-state index contributed by atoms with van der Waals surface area (Å²) in [5.74, 6) is -1.85. The summed E-state index contributed by atoms with van der Waals surface area (Å²) in [6, 6.07) is 3.68. The second kappa shape index (κ2) is 7.38. The molecule has 2 amide bonds. The number of hydrogen-bond acceptors (Lipinski definition) is 7. The lowest BCUT2D eigenvalue weighted by Crippen LogP contribution is -2.47. The SMILES string of the molecule is NC(=O)C(=O)C(Cc1ccco1)NC(=O)c1cncn1-c1ccncn1. The van der Waals surface area contributed by atoms with Gasteiger partial charge in [-0.05, 0) is 18.2 Å². The average Bonchev–Trinajstić information content (AvgIpc) is 3.32. The fourth-order valence-electron chi connectivity index (χ4n) is 2.31. The molecule has 0 aliphatic heterocycles. The van der Waals surface area contributed by atoms with Gasteiger partial charge in [0, 0.05) is 12.6 Å². The van der Waals surface area contributed by atoms with Crippen LogP contribution in [0.25, 0.3) is 5.82 Å². The van der Waals surface area contributed by atoms with E-state index in [9.17, 15) is 14.4 Å². The van der Waals surface area contributed by atoms with Crippen molar-refractivity contribution in [1.82, 2.24) is 24.8 Å². The molecule has 0 radical (unpaired) electrons. The molecule has 0 saturated heterocycles. The zero-order valence-corrected chi connectivity index (χ0v) is 13.4. The predicted molar refractivity (Wildman–Crippen MR) is 87.0 cm³/mol. The van der Waals surface area contributed by atoms with Crippen molar-refractivity contribution in [3.8, 4) is 5.82 Å². The van der Waals surface area contributed by atoms with Crippen LogP contribution in [0.3, 0.4) is 0 Å². The van der Waals surface area contributed by atoms with Gasteiger partial charge in [0.1, 0.15) is 36.0 Å². The molecule has 0 aromatic carbocycles. The van der Waals surface area contributed by atoms with E-state index < -0.39 is 23.6 Å². The molecule has 132 valence electrons. The highest BCUT2D eigenvalue weighted by molar-refractivity contribution is 6.38. The minimum atomic E-state index is -1.17. The lowest BCUT2D eigenvalue weighted by atomic mass is 10.1. The molecule has 10 heteroatoms. The van der Waals surface area contributed by atoms with Gasteiger partial charge in [-0.15, -0.1) is 0 Å². The highest BCUT2D eigenvalue weighted by Crippen LogP contribution is 2.10. The maximum atomic E-state index is 12.6. The molecule has 3 rings (SSSR count). The van der Waals surface area contributed by atoms with Crippen LogP contribution >= 0.6 is 0 Å². The molecule has 26 heavy (non-hydrogen) atoms. The molecule has 0 saturated carbocycles. The molecule has 1 unspecified atom stereocenters. The zero-order chi connectivity index (χ0) is 18.5. The van der Waals surface area contributed by atoms with Crippen molar-refractivity contribution in [2.75, 3.05) is 0 Å². The highest BCUT2D eigenvalue weighted by atomic mass is 16.3. The van der Waals surface area contributed by atoms with Crippen molar-refractivity contribution < 1.29 is 18.8 Å². The molecule has 0 bridgehead atoms. The van der Waals surface area contributed by atoms with Gasteiger partial charge in [0.05, 0.1) is 12.5 Å². The summed E-state index contributed by atoms with van der Waals surface area (Å²) in [5, 5.41) is 2.50. The number of imidazole rings is 1. The predicted octanol–water partition coefficient (Wildman–Crippen LogP) is -0.349. The van der Waals surface area contributed by atoms with Gasteiger partial charge in [-0.25, -0.2) is 15.0 Å². The first-order valence-electron chi connectivity index (χ1n) is 7.52. The maximum Gasteiger partial charge on any atom is 0.287 e. The van der Waals surface area contributed by atoms with Gasteiger partial charge in [-0.3, -0.25) is 19.0 Å². The van der Waals surface area contributed by atoms with Gasteiger partial charge in [0.25, 0.3) is 11.8 Å². The van der Waals surface area contributed by atoms with Crippen LogP contribution in [0.5, 0.6) is 0 Å². The molecule has 0 spiro atoms. The molecule has 0 aliphatic rings. The summed E-state index contributed by atoms with van der Waals surface area (Å²) in [6.07, 6.45) is 6.97. The summed E-state index contributed by atoms with van der Waals surface area (Å²) in [4.78, 5) is 47.7. The van der Waals surface area contributed by atoms with Crippen LogP contribution in [-0.2, 0) is 16.0 Å². The highest BCUT2D eigenvalue weighted by Gasteiger charge is 2.28. The van der Waals surface area contributed by atoms with E-state index in [2.05, 4.69) is 20.3 Å². The molecule has 0 aliphatic carbocycles. The van der Waals surface area contributed by atoms with Crippen LogP contribution in [0.2, 0.25) is 0 Å². The molecule has 1 atom stereocenters. The van der Waals surface area contributed by atoms with E-state index in [1.54, 1.807) is 18.2 Å². The Morgan fingerprint density at radius 1 is 1.27 bits per heavy atom. The van der Waals surface area contributed by atoms with E-state index in [0.717, 1.165) is 0 Å². The second-order valence-corrected chi connectivity index (χ2v) is 5.25. The average molecular weight is 354 g/mol. The molecule has 3 aromatic rings. The Bertz CT molecular complexity index is 919. The van der Waals surface area contributed by atoms with Crippen LogP contribution in [0.4, 0.5) is 0 Å². The zero-order valence-electron chi connectivity index (χ0n) is 13.4. The van der Waals surface area contributed by atoms with E-state index in [-0.39, 0.29) is 12.1 Å². The lowest BCUT2D eigenvalue weighted by molar-refractivity contribution is -0.137. The minimum Gasteiger partial charge on any atom is -0.469 e. The molecule has 3 N–H and O–H groups in total. The number of amides is 2. The first kappa shape index (κ1) is 17.0. The van der Waals surface area contributed by atoms with Crippen molar-refractivity contribution in [3.63, 3.8) is 0 Å². The Hall–Kier alpha value is -3.82. The number of furan rings is 1.